The molecule has 2 aromatic carbocycles. The third-order valence-corrected chi connectivity index (χ3v) is 3.28. The molecular weight excluding hydrogens is 281 g/mol. The Labute approximate surface area is 118 Å². The topological polar surface area (TPSA) is 56.2 Å². The van der Waals surface area contributed by atoms with Crippen molar-refractivity contribution in [3.63, 3.8) is 0 Å². The molecule has 0 aliphatic heterocycles. The summed E-state index contributed by atoms with van der Waals surface area (Å²) in [6.45, 7) is 0. The fourth-order valence-electron chi connectivity index (χ4n) is 1.95. The number of benzene rings is 2. The van der Waals surface area contributed by atoms with Crippen LogP contribution in [0.15, 0.2) is 46.9 Å². The number of hydrogen-bond acceptors (Lipinski definition) is 3. The molecule has 100 valence electrons. The van der Waals surface area contributed by atoms with E-state index in [9.17, 15) is 9.18 Å². The average Bonchev–Trinajstić information content (AvgIpc) is 2.86. The lowest BCUT2D eigenvalue weighted by atomic mass is 10.1. The van der Waals surface area contributed by atoms with Crippen molar-refractivity contribution >= 4 is 34.0 Å². The van der Waals surface area contributed by atoms with Crippen LogP contribution in [0.5, 0.6) is 0 Å². The zero-order chi connectivity index (χ0) is 14.3. The molecule has 3 nitrogen and oxygen atoms in total. The van der Waals surface area contributed by atoms with E-state index in [1.165, 1.54) is 12.1 Å². The molecule has 0 radical (unpaired) electrons. The second-order valence-electron chi connectivity index (χ2n) is 4.33. The van der Waals surface area contributed by atoms with Crippen LogP contribution in [-0.4, -0.2) is 5.78 Å². The molecule has 0 saturated carbocycles. The maximum atomic E-state index is 13.4. The van der Waals surface area contributed by atoms with E-state index in [4.69, 9.17) is 21.8 Å². The van der Waals surface area contributed by atoms with Crippen LogP contribution in [0.3, 0.4) is 0 Å². The number of halogens is 2. The molecule has 3 aromatic rings. The first-order valence-corrected chi connectivity index (χ1v) is 6.22. The number of para-hydroxylation sites is 1. The number of hydrogen-bond donors (Lipinski definition) is 1. The van der Waals surface area contributed by atoms with Crippen LogP contribution in [0.1, 0.15) is 16.1 Å². The molecule has 0 unspecified atom stereocenters. The van der Waals surface area contributed by atoms with Gasteiger partial charge < -0.3 is 10.2 Å². The van der Waals surface area contributed by atoms with Gasteiger partial charge in [-0.05, 0) is 30.3 Å². The molecule has 0 aliphatic carbocycles. The van der Waals surface area contributed by atoms with Crippen LogP contribution in [-0.2, 0) is 0 Å². The zero-order valence-electron chi connectivity index (χ0n) is 10.2. The fraction of sp³-hybridized carbons (Fsp3) is 0. The molecule has 1 aromatic heterocycles. The smallest absolute Gasteiger partial charge is 0.228 e. The Morgan fingerprint density at radius 3 is 2.70 bits per heavy atom. The lowest BCUT2D eigenvalue weighted by Gasteiger charge is -2.00. The van der Waals surface area contributed by atoms with E-state index in [0.29, 0.717) is 10.6 Å². The third kappa shape index (κ3) is 2.04. The average molecular weight is 290 g/mol. The van der Waals surface area contributed by atoms with Crippen molar-refractivity contribution in [3.05, 3.63) is 64.6 Å². The van der Waals surface area contributed by atoms with Gasteiger partial charge in [-0.15, -0.1) is 0 Å². The van der Waals surface area contributed by atoms with Crippen molar-refractivity contribution in [1.29, 1.82) is 0 Å². The highest BCUT2D eigenvalue weighted by Gasteiger charge is 2.16. The predicted octanol–water partition coefficient (Wildman–Crippen LogP) is 4.04. The number of nitrogens with two attached hydrogens (primary N) is 1. The maximum absolute atomic E-state index is 13.4. The molecule has 0 atom stereocenters. The molecule has 5 heteroatoms. The summed E-state index contributed by atoms with van der Waals surface area (Å²) in [4.78, 5) is 12.2. The van der Waals surface area contributed by atoms with Crippen molar-refractivity contribution in [3.8, 4) is 0 Å². The van der Waals surface area contributed by atoms with Crippen LogP contribution in [0.25, 0.3) is 11.0 Å². The quantitative estimate of drug-likeness (QED) is 0.572. The number of carbonyl (C=O) groups excluding carboxylic acids is 1. The van der Waals surface area contributed by atoms with Gasteiger partial charge in [0.25, 0.3) is 0 Å². The number of ketones is 1. The number of nitrogen functional groups attached to an aromatic ring is 1. The van der Waals surface area contributed by atoms with Crippen LogP contribution < -0.4 is 5.73 Å². The number of furan rings is 1. The molecule has 0 saturated heterocycles. The molecule has 0 spiro atoms. The van der Waals surface area contributed by atoms with Crippen molar-refractivity contribution in [1.82, 2.24) is 0 Å². The number of carbonyl (C=O) groups is 1. The van der Waals surface area contributed by atoms with E-state index in [1.54, 1.807) is 24.3 Å². The molecule has 2 N–H and O–H groups in total. The SMILES string of the molecule is Nc1ccc(C(=O)c2cc3cccc(Cl)c3o2)cc1F. The van der Waals surface area contributed by atoms with Gasteiger partial charge in [0.1, 0.15) is 5.82 Å². The molecular formula is C15H9ClFNO2. The van der Waals surface area contributed by atoms with E-state index in [-0.39, 0.29) is 17.0 Å². The van der Waals surface area contributed by atoms with Gasteiger partial charge in [-0.2, -0.15) is 0 Å². The van der Waals surface area contributed by atoms with Gasteiger partial charge in [0.05, 0.1) is 10.7 Å². The molecule has 3 rings (SSSR count). The van der Waals surface area contributed by atoms with Gasteiger partial charge >= 0.3 is 0 Å². The summed E-state index contributed by atoms with van der Waals surface area (Å²) < 4.78 is 18.8. The molecule has 0 fully saturated rings. The van der Waals surface area contributed by atoms with Gasteiger partial charge in [-0.25, -0.2) is 4.39 Å². The second kappa shape index (κ2) is 4.65. The second-order valence-corrected chi connectivity index (χ2v) is 4.74. The van der Waals surface area contributed by atoms with E-state index in [1.807, 2.05) is 0 Å². The van der Waals surface area contributed by atoms with Gasteiger partial charge in [0, 0.05) is 10.9 Å². The lowest BCUT2D eigenvalue weighted by molar-refractivity contribution is 0.101. The van der Waals surface area contributed by atoms with Crippen molar-refractivity contribution in [2.45, 2.75) is 0 Å². The van der Waals surface area contributed by atoms with Crippen molar-refractivity contribution < 1.29 is 13.6 Å². The normalized spacial score (nSPS) is 10.9. The summed E-state index contributed by atoms with van der Waals surface area (Å²) in [6.07, 6.45) is 0. The minimum atomic E-state index is -0.634. The Bertz CT molecular complexity index is 826. The van der Waals surface area contributed by atoms with Crippen LogP contribution in [0.2, 0.25) is 5.02 Å². The summed E-state index contributed by atoms with van der Waals surface area (Å²) in [6, 6.07) is 10.7. The monoisotopic (exact) mass is 289 g/mol. The lowest BCUT2D eigenvalue weighted by Crippen LogP contribution is -2.01. The Balaban J connectivity index is 2.08. The Kier molecular flexibility index (Phi) is 2.95. The van der Waals surface area contributed by atoms with Crippen LogP contribution >= 0.6 is 11.6 Å². The third-order valence-electron chi connectivity index (χ3n) is 2.98. The minimum Gasteiger partial charge on any atom is -0.451 e. The summed E-state index contributed by atoms with van der Waals surface area (Å²) in [5.41, 5.74) is 5.99. The van der Waals surface area contributed by atoms with Gasteiger partial charge in [0.2, 0.25) is 5.78 Å². The number of rotatable bonds is 2. The molecule has 0 aliphatic rings. The van der Waals surface area contributed by atoms with E-state index < -0.39 is 11.6 Å². The fourth-order valence-corrected chi connectivity index (χ4v) is 2.17. The van der Waals surface area contributed by atoms with E-state index in [0.717, 1.165) is 11.5 Å². The van der Waals surface area contributed by atoms with Gasteiger partial charge in [-0.1, -0.05) is 23.7 Å². The first-order chi connectivity index (χ1) is 9.56. The Hall–Kier alpha value is -2.33. The summed E-state index contributed by atoms with van der Waals surface area (Å²) in [5.74, 6) is -0.946. The maximum Gasteiger partial charge on any atom is 0.228 e. The van der Waals surface area contributed by atoms with Crippen molar-refractivity contribution in [2.24, 2.45) is 0 Å². The van der Waals surface area contributed by atoms with E-state index >= 15 is 0 Å². The predicted molar refractivity (Wildman–Crippen MR) is 75.5 cm³/mol. The molecule has 0 bridgehead atoms. The molecule has 1 heterocycles. The highest BCUT2D eigenvalue weighted by atomic mass is 35.5. The molecule has 0 amide bonds. The summed E-state index contributed by atoms with van der Waals surface area (Å²) in [7, 11) is 0. The molecule has 20 heavy (non-hydrogen) atoms. The standard InChI is InChI=1S/C15H9ClFNO2/c16-10-3-1-2-9-7-13(20-15(9)10)14(19)8-4-5-12(18)11(17)6-8/h1-7H,18H2. The summed E-state index contributed by atoms with van der Waals surface area (Å²) in [5, 5.41) is 1.14. The first-order valence-electron chi connectivity index (χ1n) is 5.84. The van der Waals surface area contributed by atoms with Crippen LogP contribution in [0.4, 0.5) is 10.1 Å². The van der Waals surface area contributed by atoms with Gasteiger partial charge in [-0.3, -0.25) is 4.79 Å². The van der Waals surface area contributed by atoms with E-state index in [2.05, 4.69) is 0 Å². The largest absolute Gasteiger partial charge is 0.451 e. The first kappa shape index (κ1) is 12.7. The Morgan fingerprint density at radius 2 is 2.00 bits per heavy atom. The minimum absolute atomic E-state index is 0.00537. The highest BCUT2D eigenvalue weighted by Crippen LogP contribution is 2.28. The van der Waals surface area contributed by atoms with Gasteiger partial charge in [0.15, 0.2) is 11.3 Å². The zero-order valence-corrected chi connectivity index (χ0v) is 10.9. The van der Waals surface area contributed by atoms with Crippen LogP contribution in [0, 0.1) is 5.82 Å². The van der Waals surface area contributed by atoms with Crippen molar-refractivity contribution in [2.75, 3.05) is 5.73 Å². The highest BCUT2D eigenvalue weighted by molar-refractivity contribution is 6.35. The number of anilines is 1. The summed E-state index contributed by atoms with van der Waals surface area (Å²) >= 11 is 5.99. The Morgan fingerprint density at radius 1 is 1.20 bits per heavy atom. The number of fused-ring (bicyclic) bond motifs is 1.